The lowest BCUT2D eigenvalue weighted by atomic mass is 10.2. The van der Waals surface area contributed by atoms with Crippen LogP contribution >= 0.6 is 0 Å². The molecule has 0 heterocycles. The maximum atomic E-state index is 11.8. The predicted octanol–water partition coefficient (Wildman–Crippen LogP) is 2.81. The summed E-state index contributed by atoms with van der Waals surface area (Å²) < 4.78 is 40.4. The molecule has 0 N–H and O–H groups in total. The Morgan fingerprint density at radius 3 is 2.07 bits per heavy atom. The number of halogens is 3. The van der Waals surface area contributed by atoms with Crippen molar-refractivity contribution in [1.82, 2.24) is 4.90 Å². The number of amides is 1. The van der Waals surface area contributed by atoms with E-state index >= 15 is 0 Å². The molecule has 0 aliphatic rings. The SMILES string of the molecule is CN(CCC(F)(F)F)C(=O)OC(C)(C)C. The monoisotopic (exact) mass is 227 g/mol. The number of alkyl halides is 3. The second kappa shape index (κ2) is 4.72. The average molecular weight is 227 g/mol. The molecule has 0 radical (unpaired) electrons. The minimum atomic E-state index is -4.25. The smallest absolute Gasteiger partial charge is 0.410 e. The van der Waals surface area contributed by atoms with Crippen LogP contribution < -0.4 is 0 Å². The third-order valence-corrected chi connectivity index (χ3v) is 1.44. The first kappa shape index (κ1) is 14.1. The van der Waals surface area contributed by atoms with Gasteiger partial charge in [-0.05, 0) is 20.8 Å². The Hall–Kier alpha value is -0.940. The highest BCUT2D eigenvalue weighted by molar-refractivity contribution is 5.67. The van der Waals surface area contributed by atoms with E-state index in [9.17, 15) is 18.0 Å². The Morgan fingerprint density at radius 2 is 1.73 bits per heavy atom. The molecule has 0 saturated heterocycles. The number of carbonyl (C=O) groups is 1. The van der Waals surface area contributed by atoms with Crippen LogP contribution in [0.3, 0.4) is 0 Å². The zero-order valence-electron chi connectivity index (χ0n) is 9.31. The first-order valence-electron chi connectivity index (χ1n) is 4.52. The van der Waals surface area contributed by atoms with E-state index in [1.54, 1.807) is 20.8 Å². The molecule has 15 heavy (non-hydrogen) atoms. The molecule has 90 valence electrons. The molecule has 1 amide bonds. The Kier molecular flexibility index (Phi) is 4.42. The van der Waals surface area contributed by atoms with Crippen LogP contribution in [-0.4, -0.2) is 36.4 Å². The molecule has 0 rings (SSSR count). The quantitative estimate of drug-likeness (QED) is 0.726. The van der Waals surface area contributed by atoms with Crippen LogP contribution in [0.15, 0.2) is 0 Å². The Morgan fingerprint density at radius 1 is 1.27 bits per heavy atom. The lowest BCUT2D eigenvalue weighted by Gasteiger charge is -2.24. The van der Waals surface area contributed by atoms with Gasteiger partial charge in [-0.2, -0.15) is 13.2 Å². The van der Waals surface area contributed by atoms with E-state index in [0.717, 1.165) is 4.90 Å². The van der Waals surface area contributed by atoms with Crippen LogP contribution in [0.1, 0.15) is 27.2 Å². The third kappa shape index (κ3) is 8.08. The summed E-state index contributed by atoms with van der Waals surface area (Å²) in [5, 5.41) is 0. The maximum absolute atomic E-state index is 11.8. The van der Waals surface area contributed by atoms with E-state index in [1.807, 2.05) is 0 Å². The first-order chi connectivity index (χ1) is 6.51. The minimum Gasteiger partial charge on any atom is -0.444 e. The van der Waals surface area contributed by atoms with Gasteiger partial charge in [-0.15, -0.1) is 0 Å². The van der Waals surface area contributed by atoms with Crippen LogP contribution in [0, 0.1) is 0 Å². The van der Waals surface area contributed by atoms with Gasteiger partial charge >= 0.3 is 12.3 Å². The van der Waals surface area contributed by atoms with E-state index in [4.69, 9.17) is 4.74 Å². The predicted molar refractivity (Wildman–Crippen MR) is 49.5 cm³/mol. The number of ether oxygens (including phenoxy) is 1. The number of hydrogen-bond donors (Lipinski definition) is 0. The van der Waals surface area contributed by atoms with Crippen molar-refractivity contribution in [3.63, 3.8) is 0 Å². The standard InChI is InChI=1S/C9H16F3NO2/c1-8(2,3)15-7(14)13(4)6-5-9(10,11)12/h5-6H2,1-4H3. The van der Waals surface area contributed by atoms with Crippen LogP contribution in [0.4, 0.5) is 18.0 Å². The van der Waals surface area contributed by atoms with E-state index in [2.05, 4.69) is 0 Å². The van der Waals surface area contributed by atoms with Crippen molar-refractivity contribution < 1.29 is 22.7 Å². The molecule has 3 nitrogen and oxygen atoms in total. The van der Waals surface area contributed by atoms with Crippen molar-refractivity contribution in [2.24, 2.45) is 0 Å². The number of carbonyl (C=O) groups excluding carboxylic acids is 1. The summed E-state index contributed by atoms with van der Waals surface area (Å²) in [6, 6.07) is 0. The highest BCUT2D eigenvalue weighted by atomic mass is 19.4. The van der Waals surface area contributed by atoms with Gasteiger partial charge < -0.3 is 9.64 Å². The van der Waals surface area contributed by atoms with Crippen molar-refractivity contribution in [2.45, 2.75) is 39.0 Å². The third-order valence-electron chi connectivity index (χ3n) is 1.44. The lowest BCUT2D eigenvalue weighted by molar-refractivity contribution is -0.136. The van der Waals surface area contributed by atoms with Gasteiger partial charge in [-0.25, -0.2) is 4.79 Å². The first-order valence-corrected chi connectivity index (χ1v) is 4.52. The van der Waals surface area contributed by atoms with Crippen LogP contribution in [0.25, 0.3) is 0 Å². The fraction of sp³-hybridized carbons (Fsp3) is 0.889. The molecular formula is C9H16F3NO2. The normalized spacial score (nSPS) is 12.5. The van der Waals surface area contributed by atoms with E-state index in [0.29, 0.717) is 0 Å². The molecule has 0 aromatic carbocycles. The fourth-order valence-corrected chi connectivity index (χ4v) is 0.726. The lowest BCUT2D eigenvalue weighted by Crippen LogP contribution is -2.36. The Labute approximate surface area is 87.2 Å². The minimum absolute atomic E-state index is 0.390. The van der Waals surface area contributed by atoms with E-state index < -0.39 is 30.8 Å². The summed E-state index contributed by atoms with van der Waals surface area (Å²) in [4.78, 5) is 12.1. The zero-order valence-corrected chi connectivity index (χ0v) is 9.31. The van der Waals surface area contributed by atoms with Gasteiger partial charge in [0, 0.05) is 13.6 Å². The maximum Gasteiger partial charge on any atom is 0.410 e. The largest absolute Gasteiger partial charge is 0.444 e. The fourth-order valence-electron chi connectivity index (χ4n) is 0.726. The molecule has 0 fully saturated rings. The zero-order chi connectivity index (χ0) is 12.3. The van der Waals surface area contributed by atoms with Crippen molar-refractivity contribution in [2.75, 3.05) is 13.6 Å². The second-order valence-corrected chi connectivity index (χ2v) is 4.27. The van der Waals surface area contributed by atoms with Gasteiger partial charge in [0.1, 0.15) is 5.60 Å². The molecule has 0 spiro atoms. The summed E-state index contributed by atoms with van der Waals surface area (Å²) >= 11 is 0. The average Bonchev–Trinajstić information content (AvgIpc) is 1.95. The molecule has 0 aromatic heterocycles. The van der Waals surface area contributed by atoms with Gasteiger partial charge in [0.15, 0.2) is 0 Å². The molecule has 0 aliphatic carbocycles. The summed E-state index contributed by atoms with van der Waals surface area (Å²) in [5.74, 6) is 0. The summed E-state index contributed by atoms with van der Waals surface area (Å²) in [7, 11) is 1.28. The van der Waals surface area contributed by atoms with Crippen LogP contribution in [-0.2, 0) is 4.74 Å². The molecule has 0 unspecified atom stereocenters. The second-order valence-electron chi connectivity index (χ2n) is 4.27. The van der Waals surface area contributed by atoms with E-state index in [1.165, 1.54) is 7.05 Å². The number of hydrogen-bond acceptors (Lipinski definition) is 2. The Bertz CT molecular complexity index is 220. The molecular weight excluding hydrogens is 211 g/mol. The van der Waals surface area contributed by atoms with Gasteiger partial charge in [0.25, 0.3) is 0 Å². The van der Waals surface area contributed by atoms with Gasteiger partial charge in [-0.3, -0.25) is 0 Å². The topological polar surface area (TPSA) is 29.5 Å². The molecule has 0 aliphatic heterocycles. The highest BCUT2D eigenvalue weighted by Gasteiger charge is 2.29. The Balaban J connectivity index is 4.01. The van der Waals surface area contributed by atoms with Crippen LogP contribution in [0.5, 0.6) is 0 Å². The van der Waals surface area contributed by atoms with E-state index in [-0.39, 0.29) is 0 Å². The number of rotatable bonds is 2. The summed E-state index contributed by atoms with van der Waals surface area (Å²) in [6.07, 6.45) is -6.02. The number of nitrogens with zero attached hydrogens (tertiary/aromatic N) is 1. The van der Waals surface area contributed by atoms with Gasteiger partial charge in [0.05, 0.1) is 6.42 Å². The van der Waals surface area contributed by atoms with Crippen molar-refractivity contribution in [1.29, 1.82) is 0 Å². The van der Waals surface area contributed by atoms with Crippen molar-refractivity contribution in [3.8, 4) is 0 Å². The van der Waals surface area contributed by atoms with Crippen molar-refractivity contribution >= 4 is 6.09 Å². The highest BCUT2D eigenvalue weighted by Crippen LogP contribution is 2.20. The van der Waals surface area contributed by atoms with Crippen LogP contribution in [0.2, 0.25) is 0 Å². The van der Waals surface area contributed by atoms with Crippen molar-refractivity contribution in [3.05, 3.63) is 0 Å². The summed E-state index contributed by atoms with van der Waals surface area (Å²) in [5.41, 5.74) is -0.691. The molecule has 0 bridgehead atoms. The molecule has 6 heteroatoms. The van der Waals surface area contributed by atoms with Gasteiger partial charge in [0.2, 0.25) is 0 Å². The molecule has 0 saturated carbocycles. The van der Waals surface area contributed by atoms with Gasteiger partial charge in [-0.1, -0.05) is 0 Å². The molecule has 0 atom stereocenters. The summed E-state index contributed by atoms with van der Waals surface area (Å²) in [6.45, 7) is 4.58. The molecule has 0 aromatic rings.